The molecule has 2 heterocycles. The lowest BCUT2D eigenvalue weighted by Gasteiger charge is -2.00. The highest BCUT2D eigenvalue weighted by Crippen LogP contribution is 2.01. The van der Waals surface area contributed by atoms with Crippen LogP contribution in [0.4, 0.5) is 0 Å². The fourth-order valence-corrected chi connectivity index (χ4v) is 1.25. The first-order valence-electron chi connectivity index (χ1n) is 4.39. The van der Waals surface area contributed by atoms with Crippen molar-refractivity contribution in [3.8, 4) is 0 Å². The maximum atomic E-state index is 10.6. The van der Waals surface area contributed by atoms with Crippen LogP contribution in [0.15, 0.2) is 24.8 Å². The molecule has 2 aromatic rings. The van der Waals surface area contributed by atoms with Crippen LogP contribution in [0.2, 0.25) is 0 Å². The summed E-state index contributed by atoms with van der Waals surface area (Å²) in [6, 6.07) is 0. The Hall–Kier alpha value is -2.11. The van der Waals surface area contributed by atoms with Crippen molar-refractivity contribution in [3.63, 3.8) is 0 Å². The molecular weight excluding hydrogens is 196 g/mol. The van der Waals surface area contributed by atoms with E-state index in [2.05, 4.69) is 10.1 Å². The van der Waals surface area contributed by atoms with E-state index in [1.165, 1.54) is 12.4 Å². The van der Waals surface area contributed by atoms with Crippen LogP contribution in [-0.2, 0) is 13.6 Å². The molecule has 0 fully saturated rings. The van der Waals surface area contributed by atoms with Crippen molar-refractivity contribution in [2.24, 2.45) is 7.05 Å². The molecular formula is C9H10N4O2. The number of aromatic nitrogens is 4. The second-order valence-electron chi connectivity index (χ2n) is 3.19. The zero-order chi connectivity index (χ0) is 10.8. The molecule has 6 heteroatoms. The highest BCUT2D eigenvalue weighted by atomic mass is 16.4. The molecule has 0 unspecified atom stereocenters. The van der Waals surface area contributed by atoms with Crippen LogP contribution in [-0.4, -0.2) is 30.4 Å². The van der Waals surface area contributed by atoms with Gasteiger partial charge in [-0.05, 0) is 0 Å². The zero-order valence-corrected chi connectivity index (χ0v) is 8.16. The fourth-order valence-electron chi connectivity index (χ4n) is 1.25. The monoisotopic (exact) mass is 206 g/mol. The van der Waals surface area contributed by atoms with Gasteiger partial charge < -0.3 is 9.67 Å². The molecule has 0 radical (unpaired) electrons. The van der Waals surface area contributed by atoms with Crippen LogP contribution in [0.1, 0.15) is 16.2 Å². The summed E-state index contributed by atoms with van der Waals surface area (Å²) in [4.78, 5) is 14.7. The molecule has 15 heavy (non-hydrogen) atoms. The van der Waals surface area contributed by atoms with Crippen molar-refractivity contribution >= 4 is 5.97 Å². The molecule has 0 aliphatic heterocycles. The first-order chi connectivity index (χ1) is 7.16. The van der Waals surface area contributed by atoms with Crippen molar-refractivity contribution in [3.05, 3.63) is 36.2 Å². The standard InChI is InChI=1S/C9H10N4O2/c1-12-3-2-10-8(12)6-13-5-7(4-11-13)9(14)15/h2-5H,6H2,1H3,(H,14,15). The third kappa shape index (κ3) is 1.88. The summed E-state index contributed by atoms with van der Waals surface area (Å²) in [5.41, 5.74) is 0.184. The van der Waals surface area contributed by atoms with E-state index in [0.717, 1.165) is 5.82 Å². The average Bonchev–Trinajstić information content (AvgIpc) is 2.77. The van der Waals surface area contributed by atoms with Crippen LogP contribution in [0.3, 0.4) is 0 Å². The van der Waals surface area contributed by atoms with Crippen LogP contribution >= 0.6 is 0 Å². The number of carbonyl (C=O) groups is 1. The first kappa shape index (κ1) is 9.45. The van der Waals surface area contributed by atoms with Crippen molar-refractivity contribution in [1.29, 1.82) is 0 Å². The Morgan fingerprint density at radius 1 is 1.60 bits per heavy atom. The number of imidazole rings is 1. The summed E-state index contributed by atoms with van der Waals surface area (Å²) in [5, 5.41) is 12.6. The third-order valence-corrected chi connectivity index (χ3v) is 2.10. The predicted octanol–water partition coefficient (Wildman–Crippen LogP) is 0.363. The SMILES string of the molecule is Cn1ccnc1Cn1cc(C(=O)O)cn1. The van der Waals surface area contributed by atoms with Crippen LogP contribution in [0.25, 0.3) is 0 Å². The molecule has 0 aromatic carbocycles. The Bertz CT molecular complexity index is 486. The number of aromatic carboxylic acids is 1. The number of aryl methyl sites for hydroxylation is 1. The van der Waals surface area contributed by atoms with Crippen molar-refractivity contribution in [2.75, 3.05) is 0 Å². The van der Waals surface area contributed by atoms with E-state index < -0.39 is 5.97 Å². The van der Waals surface area contributed by atoms with Gasteiger partial charge in [-0.3, -0.25) is 4.68 Å². The van der Waals surface area contributed by atoms with Crippen LogP contribution in [0.5, 0.6) is 0 Å². The van der Waals surface area contributed by atoms with Gasteiger partial charge >= 0.3 is 5.97 Å². The third-order valence-electron chi connectivity index (χ3n) is 2.10. The van der Waals surface area contributed by atoms with E-state index in [1.807, 2.05) is 17.8 Å². The average molecular weight is 206 g/mol. The van der Waals surface area contributed by atoms with Crippen molar-refractivity contribution in [1.82, 2.24) is 19.3 Å². The van der Waals surface area contributed by atoms with Gasteiger partial charge in [-0.1, -0.05) is 0 Å². The van der Waals surface area contributed by atoms with E-state index >= 15 is 0 Å². The maximum absolute atomic E-state index is 10.6. The lowest BCUT2D eigenvalue weighted by atomic mass is 10.4. The zero-order valence-electron chi connectivity index (χ0n) is 8.16. The van der Waals surface area contributed by atoms with Gasteiger partial charge in [-0.2, -0.15) is 5.10 Å². The van der Waals surface area contributed by atoms with Gasteiger partial charge in [0.25, 0.3) is 0 Å². The normalized spacial score (nSPS) is 10.5. The second-order valence-corrected chi connectivity index (χ2v) is 3.19. The highest BCUT2D eigenvalue weighted by molar-refractivity contribution is 5.86. The lowest BCUT2D eigenvalue weighted by molar-refractivity contribution is 0.0697. The van der Waals surface area contributed by atoms with E-state index in [4.69, 9.17) is 5.11 Å². The smallest absolute Gasteiger partial charge is 0.338 e. The summed E-state index contributed by atoms with van der Waals surface area (Å²) in [6.07, 6.45) is 6.33. The summed E-state index contributed by atoms with van der Waals surface area (Å²) in [7, 11) is 1.88. The first-order valence-corrected chi connectivity index (χ1v) is 4.39. The molecule has 0 spiro atoms. The molecule has 0 aliphatic rings. The molecule has 0 aliphatic carbocycles. The van der Waals surface area contributed by atoms with Crippen LogP contribution < -0.4 is 0 Å². The molecule has 2 rings (SSSR count). The topological polar surface area (TPSA) is 72.9 Å². The number of hydrogen-bond acceptors (Lipinski definition) is 3. The quantitative estimate of drug-likeness (QED) is 0.787. The number of carboxylic acids is 1. The summed E-state index contributed by atoms with van der Waals surface area (Å²) >= 11 is 0. The molecule has 0 saturated carbocycles. The molecule has 0 saturated heterocycles. The number of hydrogen-bond donors (Lipinski definition) is 1. The Kier molecular flexibility index (Phi) is 2.24. The minimum Gasteiger partial charge on any atom is -0.478 e. The molecule has 0 bridgehead atoms. The minimum atomic E-state index is -0.971. The largest absolute Gasteiger partial charge is 0.478 e. The Morgan fingerprint density at radius 3 is 2.93 bits per heavy atom. The summed E-state index contributed by atoms with van der Waals surface area (Å²) in [5.74, 6) is -0.142. The minimum absolute atomic E-state index is 0.184. The Morgan fingerprint density at radius 2 is 2.40 bits per heavy atom. The van der Waals surface area contributed by atoms with Gasteiger partial charge in [0.2, 0.25) is 0 Å². The van der Waals surface area contributed by atoms with E-state index in [-0.39, 0.29) is 5.56 Å². The molecule has 0 atom stereocenters. The molecule has 2 aromatic heterocycles. The fraction of sp³-hybridized carbons (Fsp3) is 0.222. The van der Waals surface area contributed by atoms with Gasteiger partial charge in [0, 0.05) is 25.6 Å². The van der Waals surface area contributed by atoms with Gasteiger partial charge in [-0.15, -0.1) is 0 Å². The number of nitrogens with zero attached hydrogens (tertiary/aromatic N) is 4. The number of carboxylic acid groups (broad SMARTS) is 1. The van der Waals surface area contributed by atoms with E-state index in [0.29, 0.717) is 6.54 Å². The molecule has 78 valence electrons. The van der Waals surface area contributed by atoms with E-state index in [9.17, 15) is 4.79 Å². The number of rotatable bonds is 3. The summed E-state index contributed by atoms with van der Waals surface area (Å²) < 4.78 is 3.41. The van der Waals surface area contributed by atoms with Crippen LogP contribution in [0, 0.1) is 0 Å². The molecule has 0 amide bonds. The summed E-state index contributed by atoms with van der Waals surface area (Å²) in [6.45, 7) is 0.469. The molecule has 6 nitrogen and oxygen atoms in total. The van der Waals surface area contributed by atoms with Gasteiger partial charge in [0.1, 0.15) is 5.82 Å². The highest BCUT2D eigenvalue weighted by Gasteiger charge is 2.07. The predicted molar refractivity (Wildman–Crippen MR) is 51.5 cm³/mol. The van der Waals surface area contributed by atoms with E-state index in [1.54, 1.807) is 10.9 Å². The van der Waals surface area contributed by atoms with Gasteiger partial charge in [0.05, 0.1) is 18.3 Å². The lowest BCUT2D eigenvalue weighted by Crippen LogP contribution is -2.06. The van der Waals surface area contributed by atoms with Crippen molar-refractivity contribution in [2.45, 2.75) is 6.54 Å². The Balaban J connectivity index is 2.18. The van der Waals surface area contributed by atoms with Crippen molar-refractivity contribution < 1.29 is 9.90 Å². The second kappa shape index (κ2) is 3.56. The maximum Gasteiger partial charge on any atom is 0.338 e. The van der Waals surface area contributed by atoms with Gasteiger partial charge in [-0.25, -0.2) is 9.78 Å². The van der Waals surface area contributed by atoms with Gasteiger partial charge in [0.15, 0.2) is 0 Å². The Labute approximate surface area is 85.8 Å². The molecule has 1 N–H and O–H groups in total.